The van der Waals surface area contributed by atoms with Crippen LogP contribution in [0.25, 0.3) is 11.4 Å². The van der Waals surface area contributed by atoms with Gasteiger partial charge in [0.05, 0.1) is 23.6 Å². The van der Waals surface area contributed by atoms with Gasteiger partial charge in [-0.15, -0.1) is 10.2 Å². The Bertz CT molecular complexity index is 1030. The van der Waals surface area contributed by atoms with E-state index in [-0.39, 0.29) is 17.5 Å². The Kier molecular flexibility index (Phi) is 5.21. The lowest BCUT2D eigenvalue weighted by atomic mass is 10.1. The lowest BCUT2D eigenvalue weighted by Gasteiger charge is -2.10. The number of rotatable bonds is 5. The molecule has 142 valence electrons. The van der Waals surface area contributed by atoms with Crippen LogP contribution in [0.4, 0.5) is 4.39 Å². The van der Waals surface area contributed by atoms with Crippen LogP contribution in [-0.4, -0.2) is 43.7 Å². The predicted molar refractivity (Wildman–Crippen MR) is 106 cm³/mol. The zero-order valence-electron chi connectivity index (χ0n) is 15.2. The second-order valence-corrected chi connectivity index (χ2v) is 7.26. The van der Waals surface area contributed by atoms with Gasteiger partial charge in [-0.3, -0.25) is 4.79 Å². The van der Waals surface area contributed by atoms with E-state index < -0.39 is 0 Å². The van der Waals surface area contributed by atoms with Crippen LogP contribution in [0.15, 0.2) is 64.9 Å². The highest BCUT2D eigenvalue weighted by Crippen LogP contribution is 2.25. The van der Waals surface area contributed by atoms with Crippen molar-refractivity contribution in [1.29, 1.82) is 0 Å². The summed E-state index contributed by atoms with van der Waals surface area (Å²) < 4.78 is 15.7. The maximum Gasteiger partial charge on any atom is 0.253 e. The number of hydrogen-bond donors (Lipinski definition) is 0. The minimum Gasteiger partial charge on any atom is -0.305 e. The lowest BCUT2D eigenvalue weighted by molar-refractivity contribution is -0.127. The zero-order chi connectivity index (χ0) is 19.5. The molecule has 0 saturated carbocycles. The minimum atomic E-state index is -0.356. The third kappa shape index (κ3) is 3.68. The monoisotopic (exact) mass is 395 g/mol. The van der Waals surface area contributed by atoms with E-state index in [1.165, 1.54) is 22.8 Å². The average Bonchev–Trinajstić information content (AvgIpc) is 3.35. The number of benzene rings is 2. The molecule has 2 heterocycles. The van der Waals surface area contributed by atoms with Crippen molar-refractivity contribution in [2.75, 3.05) is 12.3 Å². The minimum absolute atomic E-state index is 0.0913. The summed E-state index contributed by atoms with van der Waals surface area (Å²) in [6.07, 6.45) is 0.738. The summed E-state index contributed by atoms with van der Waals surface area (Å²) in [5.41, 5.74) is 2.33. The largest absolute Gasteiger partial charge is 0.305 e. The fourth-order valence-corrected chi connectivity index (χ4v) is 3.77. The van der Waals surface area contributed by atoms with E-state index in [4.69, 9.17) is 0 Å². The molecule has 2 aromatic carbocycles. The van der Waals surface area contributed by atoms with Gasteiger partial charge in [0.2, 0.25) is 0 Å². The maximum atomic E-state index is 14.0. The number of nitrogens with zero attached hydrogens (tertiary/aromatic N) is 5. The summed E-state index contributed by atoms with van der Waals surface area (Å²) in [6, 6.07) is 16.3. The highest BCUT2D eigenvalue weighted by molar-refractivity contribution is 7.99. The number of aromatic nitrogens is 3. The van der Waals surface area contributed by atoms with Gasteiger partial charge in [-0.25, -0.2) is 9.40 Å². The van der Waals surface area contributed by atoms with Crippen molar-refractivity contribution < 1.29 is 9.18 Å². The van der Waals surface area contributed by atoms with Crippen molar-refractivity contribution in [3.05, 3.63) is 66.0 Å². The molecule has 0 unspecified atom stereocenters. The third-order valence-electron chi connectivity index (χ3n) is 4.47. The standard InChI is InChI=1S/C20H18FN5OS/c1-25-19(15-9-5-6-10-16(15)21)22-23-20(25)28-13-18(27)26-12-11-17(24-26)14-7-3-2-4-8-14/h2-10H,11-13H2,1H3. The van der Waals surface area contributed by atoms with E-state index in [2.05, 4.69) is 15.3 Å². The van der Waals surface area contributed by atoms with Gasteiger partial charge in [-0.2, -0.15) is 5.10 Å². The molecule has 0 saturated heterocycles. The number of hydrazone groups is 1. The van der Waals surface area contributed by atoms with Crippen LogP contribution in [0.2, 0.25) is 0 Å². The summed E-state index contributed by atoms with van der Waals surface area (Å²) >= 11 is 1.27. The molecule has 1 aliphatic rings. The summed E-state index contributed by atoms with van der Waals surface area (Å²) in [6.45, 7) is 0.572. The van der Waals surface area contributed by atoms with Gasteiger partial charge in [0.1, 0.15) is 5.82 Å². The molecular formula is C20H18FN5OS. The van der Waals surface area contributed by atoms with Gasteiger partial charge in [0, 0.05) is 13.5 Å². The van der Waals surface area contributed by atoms with Crippen molar-refractivity contribution >= 4 is 23.4 Å². The fraction of sp³-hybridized carbons (Fsp3) is 0.200. The molecule has 1 aromatic heterocycles. The predicted octanol–water partition coefficient (Wildman–Crippen LogP) is 3.35. The first kappa shape index (κ1) is 18.4. The van der Waals surface area contributed by atoms with Gasteiger partial charge in [-0.1, -0.05) is 54.2 Å². The lowest BCUT2D eigenvalue weighted by Crippen LogP contribution is -2.25. The molecule has 1 amide bonds. The van der Waals surface area contributed by atoms with E-state index in [1.54, 1.807) is 29.8 Å². The normalized spacial score (nSPS) is 13.6. The highest BCUT2D eigenvalue weighted by atomic mass is 32.2. The van der Waals surface area contributed by atoms with Crippen molar-refractivity contribution in [3.8, 4) is 11.4 Å². The van der Waals surface area contributed by atoms with Crippen molar-refractivity contribution in [3.63, 3.8) is 0 Å². The van der Waals surface area contributed by atoms with Crippen LogP contribution in [0.3, 0.4) is 0 Å². The van der Waals surface area contributed by atoms with Crippen LogP contribution < -0.4 is 0 Å². The first-order valence-electron chi connectivity index (χ1n) is 8.84. The van der Waals surface area contributed by atoms with E-state index in [0.29, 0.717) is 23.1 Å². The topological polar surface area (TPSA) is 63.4 Å². The van der Waals surface area contributed by atoms with Crippen LogP contribution in [-0.2, 0) is 11.8 Å². The first-order chi connectivity index (χ1) is 13.6. The molecule has 1 aliphatic heterocycles. The first-order valence-corrected chi connectivity index (χ1v) is 9.82. The number of thioether (sulfide) groups is 1. The molecular weight excluding hydrogens is 377 g/mol. The average molecular weight is 395 g/mol. The van der Waals surface area contributed by atoms with E-state index in [1.807, 2.05) is 30.3 Å². The molecule has 4 rings (SSSR count). The Labute approximate surface area is 166 Å². The smallest absolute Gasteiger partial charge is 0.253 e. The molecule has 3 aromatic rings. The molecule has 28 heavy (non-hydrogen) atoms. The molecule has 6 nitrogen and oxygen atoms in total. The van der Waals surface area contributed by atoms with Gasteiger partial charge < -0.3 is 4.57 Å². The molecule has 0 aliphatic carbocycles. The van der Waals surface area contributed by atoms with E-state index >= 15 is 0 Å². The number of carbonyl (C=O) groups excluding carboxylic acids is 1. The second-order valence-electron chi connectivity index (χ2n) is 6.31. The Hall–Kier alpha value is -3.00. The summed E-state index contributed by atoms with van der Waals surface area (Å²) in [7, 11) is 1.76. The van der Waals surface area contributed by atoms with Gasteiger partial charge in [0.25, 0.3) is 5.91 Å². The van der Waals surface area contributed by atoms with Crippen LogP contribution in [0, 0.1) is 5.82 Å². The summed E-state index contributed by atoms with van der Waals surface area (Å²) in [4.78, 5) is 12.5. The van der Waals surface area contributed by atoms with Crippen LogP contribution >= 0.6 is 11.8 Å². The number of hydrogen-bond acceptors (Lipinski definition) is 5. The Morgan fingerprint density at radius 2 is 1.86 bits per heavy atom. The van der Waals surface area contributed by atoms with Crippen LogP contribution in [0.5, 0.6) is 0 Å². The highest BCUT2D eigenvalue weighted by Gasteiger charge is 2.22. The number of halogens is 1. The third-order valence-corrected chi connectivity index (χ3v) is 5.48. The Morgan fingerprint density at radius 3 is 2.64 bits per heavy atom. The van der Waals surface area contributed by atoms with Gasteiger partial charge in [0.15, 0.2) is 11.0 Å². The quantitative estimate of drug-likeness (QED) is 0.622. The molecule has 0 spiro atoms. The summed E-state index contributed by atoms with van der Waals surface area (Å²) in [5.74, 6) is 0.171. The number of carbonyl (C=O) groups is 1. The van der Waals surface area contributed by atoms with E-state index in [9.17, 15) is 9.18 Å². The molecule has 0 N–H and O–H groups in total. The molecule has 0 bridgehead atoms. The second kappa shape index (κ2) is 7.93. The fourth-order valence-electron chi connectivity index (χ4n) is 2.99. The van der Waals surface area contributed by atoms with Crippen molar-refractivity contribution in [2.24, 2.45) is 12.1 Å². The maximum absolute atomic E-state index is 14.0. The summed E-state index contributed by atoms with van der Waals surface area (Å²) in [5, 5.41) is 14.7. The van der Waals surface area contributed by atoms with Crippen molar-refractivity contribution in [2.45, 2.75) is 11.6 Å². The van der Waals surface area contributed by atoms with Gasteiger partial charge in [-0.05, 0) is 17.7 Å². The molecule has 0 atom stereocenters. The SMILES string of the molecule is Cn1c(SCC(=O)N2CCC(c3ccccc3)=N2)nnc1-c1ccccc1F. The molecule has 0 fully saturated rings. The van der Waals surface area contributed by atoms with E-state index in [0.717, 1.165) is 17.7 Å². The number of amides is 1. The van der Waals surface area contributed by atoms with Crippen molar-refractivity contribution in [1.82, 2.24) is 19.8 Å². The molecule has 8 heteroatoms. The molecule has 0 radical (unpaired) electrons. The van der Waals surface area contributed by atoms with Gasteiger partial charge >= 0.3 is 0 Å². The zero-order valence-corrected chi connectivity index (χ0v) is 16.1. The Balaban J connectivity index is 1.42. The van der Waals surface area contributed by atoms with Crippen LogP contribution in [0.1, 0.15) is 12.0 Å². The Morgan fingerprint density at radius 1 is 1.11 bits per heavy atom.